The van der Waals surface area contributed by atoms with Gasteiger partial charge in [-0.25, -0.2) is 8.42 Å². The predicted octanol–water partition coefficient (Wildman–Crippen LogP) is 3.35. The second-order valence-corrected chi connectivity index (χ2v) is 8.68. The van der Waals surface area contributed by atoms with Crippen molar-refractivity contribution in [1.29, 1.82) is 0 Å². The van der Waals surface area contributed by atoms with Crippen LogP contribution in [0, 0.1) is 5.92 Å². The number of benzene rings is 2. The minimum atomic E-state index is -3.58. The highest BCUT2D eigenvalue weighted by atomic mass is 32.2. The van der Waals surface area contributed by atoms with Crippen molar-refractivity contribution < 1.29 is 13.2 Å². The number of sulfonamides is 1. The molecule has 4 rings (SSSR count). The first-order valence-corrected chi connectivity index (χ1v) is 10.7. The molecule has 0 radical (unpaired) electrons. The van der Waals surface area contributed by atoms with E-state index in [1.54, 1.807) is 36.4 Å². The second-order valence-electron chi connectivity index (χ2n) is 7.00. The monoisotopic (exact) mass is 372 g/mol. The first kappa shape index (κ1) is 17.4. The average Bonchev–Trinajstić information content (AvgIpc) is 2.68. The molecule has 5 nitrogen and oxygen atoms in total. The first-order chi connectivity index (χ1) is 12.6. The van der Waals surface area contributed by atoms with Gasteiger partial charge in [-0.15, -0.1) is 0 Å². The molecule has 2 N–H and O–H groups in total. The van der Waals surface area contributed by atoms with Crippen LogP contribution in [0.3, 0.4) is 0 Å². The summed E-state index contributed by atoms with van der Waals surface area (Å²) in [6.07, 6.45) is 3.31. The number of anilines is 1. The maximum Gasteiger partial charge on any atom is 0.261 e. The number of rotatable bonds is 4. The lowest BCUT2D eigenvalue weighted by atomic mass is 9.77. The molecule has 0 bridgehead atoms. The molecule has 2 aromatic rings. The zero-order chi connectivity index (χ0) is 18.0. The summed E-state index contributed by atoms with van der Waals surface area (Å²) in [4.78, 5) is 0.267. The molecule has 2 heterocycles. The van der Waals surface area contributed by atoms with Gasteiger partial charge >= 0.3 is 0 Å². The molecular weight excluding hydrogens is 348 g/mol. The van der Waals surface area contributed by atoms with Crippen LogP contribution < -0.4 is 14.8 Å². The van der Waals surface area contributed by atoms with Crippen LogP contribution in [0.25, 0.3) is 0 Å². The average molecular weight is 372 g/mol. The van der Waals surface area contributed by atoms with Crippen molar-refractivity contribution in [2.75, 3.05) is 24.4 Å². The third-order valence-electron chi connectivity index (χ3n) is 5.35. The van der Waals surface area contributed by atoms with Crippen molar-refractivity contribution >= 4 is 15.7 Å². The van der Waals surface area contributed by atoms with E-state index >= 15 is 0 Å². The standard InChI is InChI=1S/C20H24N2O3S/c23-26(24,17-4-2-1-3-5-17)22-16-6-7-20-19(14-16)18(10-13-25-20)15-8-11-21-12-9-15/h1-7,14-15,18,21-22H,8-13H2. The van der Waals surface area contributed by atoms with Gasteiger partial charge in [0.1, 0.15) is 5.75 Å². The van der Waals surface area contributed by atoms with Crippen LogP contribution in [0.15, 0.2) is 53.4 Å². The summed E-state index contributed by atoms with van der Waals surface area (Å²) >= 11 is 0. The largest absolute Gasteiger partial charge is 0.493 e. The smallest absolute Gasteiger partial charge is 0.261 e. The minimum absolute atomic E-state index is 0.267. The molecule has 0 saturated carbocycles. The topological polar surface area (TPSA) is 67.4 Å². The highest BCUT2D eigenvalue weighted by Crippen LogP contribution is 2.42. The van der Waals surface area contributed by atoms with Gasteiger partial charge in [-0.2, -0.15) is 0 Å². The number of piperidine rings is 1. The number of nitrogens with one attached hydrogen (secondary N) is 2. The Kier molecular flexibility index (Phi) is 4.87. The Hall–Kier alpha value is -2.05. The van der Waals surface area contributed by atoms with Crippen molar-refractivity contribution in [3.05, 3.63) is 54.1 Å². The van der Waals surface area contributed by atoms with E-state index in [0.717, 1.165) is 50.3 Å². The highest BCUT2D eigenvalue weighted by Gasteiger charge is 2.30. The van der Waals surface area contributed by atoms with Crippen molar-refractivity contribution in [2.45, 2.75) is 30.1 Å². The van der Waals surface area contributed by atoms with E-state index in [0.29, 0.717) is 17.5 Å². The number of hydrogen-bond acceptors (Lipinski definition) is 4. The summed E-state index contributed by atoms with van der Waals surface area (Å²) in [6, 6.07) is 14.1. The molecule has 2 aliphatic heterocycles. The molecule has 0 aromatic heterocycles. The Morgan fingerprint density at radius 2 is 1.77 bits per heavy atom. The molecule has 1 saturated heterocycles. The molecule has 1 atom stereocenters. The summed E-state index contributed by atoms with van der Waals surface area (Å²) in [5.41, 5.74) is 1.73. The van der Waals surface area contributed by atoms with Crippen molar-refractivity contribution in [1.82, 2.24) is 5.32 Å². The lowest BCUT2D eigenvalue weighted by Gasteiger charge is -2.35. The lowest BCUT2D eigenvalue weighted by Crippen LogP contribution is -2.32. The zero-order valence-corrected chi connectivity index (χ0v) is 15.5. The van der Waals surface area contributed by atoms with Crippen LogP contribution in [0.2, 0.25) is 0 Å². The van der Waals surface area contributed by atoms with Crippen molar-refractivity contribution in [3.63, 3.8) is 0 Å². The van der Waals surface area contributed by atoms with Crippen LogP contribution in [0.1, 0.15) is 30.7 Å². The van der Waals surface area contributed by atoms with Gasteiger partial charge in [-0.1, -0.05) is 18.2 Å². The van der Waals surface area contributed by atoms with E-state index in [9.17, 15) is 8.42 Å². The van der Waals surface area contributed by atoms with Gasteiger partial charge in [0.25, 0.3) is 10.0 Å². The van der Waals surface area contributed by atoms with Gasteiger partial charge in [0.15, 0.2) is 0 Å². The fraction of sp³-hybridized carbons (Fsp3) is 0.400. The highest BCUT2D eigenvalue weighted by molar-refractivity contribution is 7.92. The number of ether oxygens (including phenoxy) is 1. The molecule has 1 unspecified atom stereocenters. The molecule has 0 aliphatic carbocycles. The van der Waals surface area contributed by atoms with Gasteiger partial charge in [0, 0.05) is 5.69 Å². The first-order valence-electron chi connectivity index (χ1n) is 9.19. The van der Waals surface area contributed by atoms with Gasteiger partial charge in [-0.05, 0) is 80.1 Å². The van der Waals surface area contributed by atoms with Gasteiger partial charge in [-0.3, -0.25) is 4.72 Å². The number of hydrogen-bond donors (Lipinski definition) is 2. The molecule has 138 valence electrons. The van der Waals surface area contributed by atoms with E-state index in [1.165, 1.54) is 0 Å². The fourth-order valence-corrected chi connectivity index (χ4v) is 5.11. The normalized spacial score (nSPS) is 20.8. The maximum atomic E-state index is 12.6. The van der Waals surface area contributed by atoms with Crippen molar-refractivity contribution in [3.8, 4) is 5.75 Å². The Morgan fingerprint density at radius 3 is 2.54 bits per heavy atom. The van der Waals surface area contributed by atoms with E-state index in [-0.39, 0.29) is 4.90 Å². The molecule has 26 heavy (non-hydrogen) atoms. The lowest BCUT2D eigenvalue weighted by molar-refractivity contribution is 0.216. The second kappa shape index (κ2) is 7.29. The van der Waals surface area contributed by atoms with Gasteiger partial charge in [0.2, 0.25) is 0 Å². The van der Waals surface area contributed by atoms with Crippen LogP contribution in [0.5, 0.6) is 5.75 Å². The summed E-state index contributed by atoms with van der Waals surface area (Å²) in [5.74, 6) is 1.95. The van der Waals surface area contributed by atoms with Crippen LogP contribution in [-0.2, 0) is 10.0 Å². The van der Waals surface area contributed by atoms with Gasteiger partial charge in [0.05, 0.1) is 11.5 Å². The van der Waals surface area contributed by atoms with E-state index in [4.69, 9.17) is 4.74 Å². The Labute approximate surface area is 154 Å². The fourth-order valence-electron chi connectivity index (χ4n) is 4.03. The zero-order valence-electron chi connectivity index (χ0n) is 14.6. The summed E-state index contributed by atoms with van der Waals surface area (Å²) < 4.78 is 33.7. The Morgan fingerprint density at radius 1 is 1.00 bits per heavy atom. The molecule has 0 spiro atoms. The summed E-state index contributed by atoms with van der Waals surface area (Å²) in [7, 11) is -3.58. The third kappa shape index (κ3) is 3.57. The van der Waals surface area contributed by atoms with Crippen molar-refractivity contribution in [2.24, 2.45) is 5.92 Å². The van der Waals surface area contributed by atoms with E-state index in [1.807, 2.05) is 12.1 Å². The Balaban J connectivity index is 1.61. The van der Waals surface area contributed by atoms with Crippen LogP contribution in [-0.4, -0.2) is 28.1 Å². The summed E-state index contributed by atoms with van der Waals surface area (Å²) in [6.45, 7) is 2.84. The molecule has 6 heteroatoms. The predicted molar refractivity (Wildman–Crippen MR) is 102 cm³/mol. The molecule has 2 aliphatic rings. The number of fused-ring (bicyclic) bond motifs is 1. The molecule has 2 aromatic carbocycles. The van der Waals surface area contributed by atoms with Gasteiger partial charge < -0.3 is 10.1 Å². The third-order valence-corrected chi connectivity index (χ3v) is 6.75. The molecule has 1 fully saturated rings. The minimum Gasteiger partial charge on any atom is -0.493 e. The Bertz CT molecular complexity index is 862. The van der Waals surface area contributed by atoms with E-state index < -0.39 is 10.0 Å². The van der Waals surface area contributed by atoms with Crippen LogP contribution >= 0.6 is 0 Å². The maximum absolute atomic E-state index is 12.6. The summed E-state index contributed by atoms with van der Waals surface area (Å²) in [5, 5.41) is 3.42. The SMILES string of the molecule is O=S(=O)(Nc1ccc2c(c1)C(C1CCNCC1)CCO2)c1ccccc1. The molecular formula is C20H24N2O3S. The van der Waals surface area contributed by atoms with E-state index in [2.05, 4.69) is 10.0 Å². The molecule has 0 amide bonds. The van der Waals surface area contributed by atoms with Crippen LogP contribution in [0.4, 0.5) is 5.69 Å². The quantitative estimate of drug-likeness (QED) is 0.864.